The Labute approximate surface area is 120 Å². The molecule has 0 aliphatic carbocycles. The predicted octanol–water partition coefficient (Wildman–Crippen LogP) is 1.84. The van der Waals surface area contributed by atoms with Crippen LogP contribution in [0.15, 0.2) is 41.5 Å². The zero-order valence-corrected chi connectivity index (χ0v) is 11.3. The van der Waals surface area contributed by atoms with Gasteiger partial charge in [0.15, 0.2) is 0 Å². The SMILES string of the molecule is Cc1cc(=O)n(Cc2ccc(F)c(C=CC(=O)O)c2)cn1. The first kappa shape index (κ1) is 14.6. The highest BCUT2D eigenvalue weighted by Crippen LogP contribution is 2.13. The standard InChI is InChI=1S/C15H13FN2O3/c1-10-6-14(19)18(9-17-10)8-11-2-4-13(16)12(7-11)3-5-15(20)21/h2-7,9H,8H2,1H3,(H,20,21). The zero-order chi connectivity index (χ0) is 15.4. The lowest BCUT2D eigenvalue weighted by Crippen LogP contribution is -2.20. The molecule has 21 heavy (non-hydrogen) atoms. The molecular formula is C15H13FN2O3. The molecule has 0 spiro atoms. The molecule has 0 fully saturated rings. The fourth-order valence-corrected chi connectivity index (χ4v) is 1.81. The van der Waals surface area contributed by atoms with Crippen LogP contribution in [0.2, 0.25) is 0 Å². The summed E-state index contributed by atoms with van der Waals surface area (Å²) in [5.41, 5.74) is 1.26. The number of benzene rings is 1. The summed E-state index contributed by atoms with van der Waals surface area (Å²) in [5.74, 6) is -1.68. The van der Waals surface area contributed by atoms with Crippen molar-refractivity contribution in [2.75, 3.05) is 0 Å². The minimum Gasteiger partial charge on any atom is -0.478 e. The number of aryl methyl sites for hydroxylation is 1. The van der Waals surface area contributed by atoms with Gasteiger partial charge in [-0.25, -0.2) is 14.2 Å². The van der Waals surface area contributed by atoms with Crippen molar-refractivity contribution in [3.05, 3.63) is 69.7 Å². The van der Waals surface area contributed by atoms with Crippen LogP contribution in [0.3, 0.4) is 0 Å². The Morgan fingerprint density at radius 3 is 2.86 bits per heavy atom. The van der Waals surface area contributed by atoms with Crippen LogP contribution >= 0.6 is 0 Å². The summed E-state index contributed by atoms with van der Waals surface area (Å²) in [6.07, 6.45) is 3.47. The molecule has 0 aliphatic heterocycles. The number of aliphatic carboxylic acids is 1. The summed E-state index contributed by atoms with van der Waals surface area (Å²) >= 11 is 0. The van der Waals surface area contributed by atoms with Crippen LogP contribution in [0, 0.1) is 12.7 Å². The van der Waals surface area contributed by atoms with Gasteiger partial charge in [0.1, 0.15) is 5.82 Å². The van der Waals surface area contributed by atoms with E-state index in [9.17, 15) is 14.0 Å². The first-order valence-corrected chi connectivity index (χ1v) is 6.18. The second kappa shape index (κ2) is 6.13. The van der Waals surface area contributed by atoms with Gasteiger partial charge in [-0.3, -0.25) is 9.36 Å². The summed E-state index contributed by atoms with van der Waals surface area (Å²) < 4.78 is 15.0. The zero-order valence-electron chi connectivity index (χ0n) is 11.3. The molecule has 1 aromatic heterocycles. The maximum absolute atomic E-state index is 13.6. The summed E-state index contributed by atoms with van der Waals surface area (Å²) in [7, 11) is 0. The van der Waals surface area contributed by atoms with Gasteiger partial charge in [0, 0.05) is 23.4 Å². The van der Waals surface area contributed by atoms with Gasteiger partial charge in [-0.05, 0) is 30.7 Å². The Kier molecular flexibility index (Phi) is 4.27. The quantitative estimate of drug-likeness (QED) is 0.871. The predicted molar refractivity (Wildman–Crippen MR) is 75.4 cm³/mol. The summed E-state index contributed by atoms with van der Waals surface area (Å²) in [6.45, 7) is 1.96. The number of carboxylic acids is 1. The lowest BCUT2D eigenvalue weighted by molar-refractivity contribution is -0.131. The van der Waals surface area contributed by atoms with E-state index in [1.54, 1.807) is 13.0 Å². The number of aromatic nitrogens is 2. The van der Waals surface area contributed by atoms with Gasteiger partial charge in [-0.2, -0.15) is 0 Å². The molecule has 0 bridgehead atoms. The van der Waals surface area contributed by atoms with Gasteiger partial charge >= 0.3 is 5.97 Å². The Morgan fingerprint density at radius 1 is 1.43 bits per heavy atom. The summed E-state index contributed by atoms with van der Waals surface area (Å²) in [4.78, 5) is 26.3. The van der Waals surface area contributed by atoms with Crippen LogP contribution in [0.5, 0.6) is 0 Å². The van der Waals surface area contributed by atoms with Crippen LogP contribution in [-0.4, -0.2) is 20.6 Å². The van der Waals surface area contributed by atoms with Crippen LogP contribution in [-0.2, 0) is 11.3 Å². The van der Waals surface area contributed by atoms with E-state index in [0.29, 0.717) is 11.3 Å². The van der Waals surface area contributed by atoms with Gasteiger partial charge in [0.25, 0.3) is 5.56 Å². The average Bonchev–Trinajstić information content (AvgIpc) is 2.42. The highest BCUT2D eigenvalue weighted by Gasteiger charge is 2.04. The normalized spacial score (nSPS) is 11.0. The van der Waals surface area contributed by atoms with Crippen LogP contribution in [0.4, 0.5) is 4.39 Å². The smallest absolute Gasteiger partial charge is 0.328 e. The van der Waals surface area contributed by atoms with E-state index in [-0.39, 0.29) is 17.7 Å². The van der Waals surface area contributed by atoms with Gasteiger partial charge in [-0.1, -0.05) is 6.07 Å². The Hall–Kier alpha value is -2.76. The third-order valence-electron chi connectivity index (χ3n) is 2.83. The van der Waals surface area contributed by atoms with Gasteiger partial charge in [0.05, 0.1) is 12.9 Å². The van der Waals surface area contributed by atoms with Gasteiger partial charge in [0.2, 0.25) is 0 Å². The van der Waals surface area contributed by atoms with Crippen molar-refractivity contribution in [1.29, 1.82) is 0 Å². The molecule has 6 heteroatoms. The highest BCUT2D eigenvalue weighted by molar-refractivity contribution is 5.85. The molecule has 2 aromatic rings. The monoisotopic (exact) mass is 288 g/mol. The largest absolute Gasteiger partial charge is 0.478 e. The molecule has 0 saturated heterocycles. The fourth-order valence-electron chi connectivity index (χ4n) is 1.81. The molecular weight excluding hydrogens is 275 g/mol. The summed E-state index contributed by atoms with van der Waals surface area (Å²) in [6, 6.07) is 5.69. The molecule has 1 aromatic carbocycles. The molecule has 0 amide bonds. The molecule has 1 heterocycles. The third kappa shape index (κ3) is 3.85. The van der Waals surface area contributed by atoms with E-state index in [1.807, 2.05) is 0 Å². The van der Waals surface area contributed by atoms with Crippen molar-refractivity contribution < 1.29 is 14.3 Å². The number of halogens is 1. The van der Waals surface area contributed by atoms with Crippen LogP contribution < -0.4 is 5.56 Å². The second-order valence-corrected chi connectivity index (χ2v) is 4.52. The van der Waals surface area contributed by atoms with E-state index in [1.165, 1.54) is 35.2 Å². The Balaban J connectivity index is 2.30. The maximum Gasteiger partial charge on any atom is 0.328 e. The molecule has 1 N–H and O–H groups in total. The first-order chi connectivity index (χ1) is 9.95. The molecule has 5 nitrogen and oxygen atoms in total. The molecule has 108 valence electrons. The summed E-state index contributed by atoms with van der Waals surface area (Å²) in [5, 5.41) is 8.57. The Morgan fingerprint density at radius 2 is 2.19 bits per heavy atom. The number of hydrogen-bond acceptors (Lipinski definition) is 3. The van der Waals surface area contributed by atoms with Crippen LogP contribution in [0.1, 0.15) is 16.8 Å². The minimum atomic E-state index is -1.15. The highest BCUT2D eigenvalue weighted by atomic mass is 19.1. The van der Waals surface area contributed by atoms with Crippen molar-refractivity contribution in [3.63, 3.8) is 0 Å². The fraction of sp³-hybridized carbons (Fsp3) is 0.133. The number of hydrogen-bond donors (Lipinski definition) is 1. The van der Waals surface area contributed by atoms with Gasteiger partial charge in [-0.15, -0.1) is 0 Å². The number of rotatable bonds is 4. The topological polar surface area (TPSA) is 72.2 Å². The van der Waals surface area contributed by atoms with E-state index >= 15 is 0 Å². The molecule has 2 rings (SSSR count). The van der Waals surface area contributed by atoms with Crippen molar-refractivity contribution in [1.82, 2.24) is 9.55 Å². The number of nitrogens with zero attached hydrogens (tertiary/aromatic N) is 2. The lowest BCUT2D eigenvalue weighted by atomic mass is 10.1. The first-order valence-electron chi connectivity index (χ1n) is 6.18. The van der Waals surface area contributed by atoms with Crippen molar-refractivity contribution >= 4 is 12.0 Å². The minimum absolute atomic E-state index is 0.156. The number of carbonyl (C=O) groups is 1. The molecule has 0 saturated carbocycles. The van der Waals surface area contributed by atoms with Crippen LogP contribution in [0.25, 0.3) is 6.08 Å². The second-order valence-electron chi connectivity index (χ2n) is 4.52. The van der Waals surface area contributed by atoms with Gasteiger partial charge < -0.3 is 5.11 Å². The van der Waals surface area contributed by atoms with Crippen molar-refractivity contribution in [2.24, 2.45) is 0 Å². The maximum atomic E-state index is 13.6. The van der Waals surface area contributed by atoms with E-state index in [2.05, 4.69) is 4.98 Å². The number of carboxylic acid groups (broad SMARTS) is 1. The van der Waals surface area contributed by atoms with E-state index < -0.39 is 11.8 Å². The lowest BCUT2D eigenvalue weighted by Gasteiger charge is -2.07. The third-order valence-corrected chi connectivity index (χ3v) is 2.83. The molecule has 0 aliphatic rings. The van der Waals surface area contributed by atoms with E-state index in [4.69, 9.17) is 5.11 Å². The average molecular weight is 288 g/mol. The molecule has 0 radical (unpaired) electrons. The molecule has 0 unspecified atom stereocenters. The van der Waals surface area contributed by atoms with Crippen molar-refractivity contribution in [2.45, 2.75) is 13.5 Å². The van der Waals surface area contributed by atoms with E-state index in [0.717, 1.165) is 6.08 Å². The molecule has 0 atom stereocenters. The van der Waals surface area contributed by atoms with Crippen molar-refractivity contribution in [3.8, 4) is 0 Å². The Bertz CT molecular complexity index is 766.